The SMILES string of the molecule is CC#CCNCC1CC2CCC1C2. The van der Waals surface area contributed by atoms with Crippen molar-refractivity contribution in [2.45, 2.75) is 32.6 Å². The Balaban J connectivity index is 1.67. The molecular weight excluding hydrogens is 158 g/mol. The maximum absolute atomic E-state index is 3.44. The minimum Gasteiger partial charge on any atom is -0.306 e. The van der Waals surface area contributed by atoms with Crippen LogP contribution in [0.2, 0.25) is 0 Å². The maximum Gasteiger partial charge on any atom is 0.0576 e. The molecule has 2 fully saturated rings. The van der Waals surface area contributed by atoms with Gasteiger partial charge in [-0.2, -0.15) is 0 Å². The molecule has 0 saturated heterocycles. The predicted molar refractivity (Wildman–Crippen MR) is 55.3 cm³/mol. The Labute approximate surface area is 81.3 Å². The Morgan fingerprint density at radius 2 is 2.23 bits per heavy atom. The van der Waals surface area contributed by atoms with Crippen LogP contribution in [0.25, 0.3) is 0 Å². The Bertz CT molecular complexity index is 223. The van der Waals surface area contributed by atoms with Gasteiger partial charge in [-0.25, -0.2) is 0 Å². The minimum absolute atomic E-state index is 0.879. The maximum atomic E-state index is 3.44. The molecular formula is C12H19N. The van der Waals surface area contributed by atoms with Gasteiger partial charge < -0.3 is 5.32 Å². The second kappa shape index (κ2) is 4.15. The molecule has 0 aromatic heterocycles. The number of rotatable bonds is 3. The van der Waals surface area contributed by atoms with E-state index in [4.69, 9.17) is 0 Å². The monoisotopic (exact) mass is 177 g/mol. The van der Waals surface area contributed by atoms with Crippen LogP contribution in [0.1, 0.15) is 32.6 Å². The van der Waals surface area contributed by atoms with Crippen LogP contribution in [0.15, 0.2) is 0 Å². The zero-order valence-corrected chi connectivity index (χ0v) is 8.47. The summed E-state index contributed by atoms with van der Waals surface area (Å²) in [5.41, 5.74) is 0. The molecule has 72 valence electrons. The van der Waals surface area contributed by atoms with Crippen LogP contribution in [-0.2, 0) is 0 Å². The predicted octanol–water partition coefficient (Wildman–Crippen LogP) is 2.04. The van der Waals surface area contributed by atoms with Gasteiger partial charge in [0.05, 0.1) is 6.54 Å². The fraction of sp³-hybridized carbons (Fsp3) is 0.833. The summed E-state index contributed by atoms with van der Waals surface area (Å²) in [4.78, 5) is 0. The summed E-state index contributed by atoms with van der Waals surface area (Å²) in [5, 5.41) is 3.44. The molecule has 2 rings (SSSR count). The van der Waals surface area contributed by atoms with E-state index >= 15 is 0 Å². The molecule has 0 amide bonds. The van der Waals surface area contributed by atoms with Crippen molar-refractivity contribution in [1.82, 2.24) is 5.32 Å². The normalized spacial score (nSPS) is 35.9. The first-order valence-electron chi connectivity index (χ1n) is 5.50. The van der Waals surface area contributed by atoms with E-state index < -0.39 is 0 Å². The first kappa shape index (κ1) is 9.09. The lowest BCUT2D eigenvalue weighted by Crippen LogP contribution is -2.26. The van der Waals surface area contributed by atoms with Gasteiger partial charge in [-0.15, -0.1) is 5.92 Å². The van der Waals surface area contributed by atoms with Gasteiger partial charge in [0.2, 0.25) is 0 Å². The zero-order valence-electron chi connectivity index (χ0n) is 8.47. The van der Waals surface area contributed by atoms with Crippen LogP contribution in [0, 0.1) is 29.6 Å². The molecule has 3 unspecified atom stereocenters. The van der Waals surface area contributed by atoms with Crippen molar-refractivity contribution in [2.24, 2.45) is 17.8 Å². The van der Waals surface area contributed by atoms with Crippen LogP contribution in [0.5, 0.6) is 0 Å². The highest BCUT2D eigenvalue weighted by Gasteiger charge is 2.38. The van der Waals surface area contributed by atoms with Gasteiger partial charge in [0.1, 0.15) is 0 Å². The van der Waals surface area contributed by atoms with Gasteiger partial charge in [0.15, 0.2) is 0 Å². The lowest BCUT2D eigenvalue weighted by Gasteiger charge is -2.21. The van der Waals surface area contributed by atoms with Gasteiger partial charge in [0.25, 0.3) is 0 Å². The van der Waals surface area contributed by atoms with Crippen molar-refractivity contribution >= 4 is 0 Å². The van der Waals surface area contributed by atoms with Gasteiger partial charge in [0, 0.05) is 0 Å². The van der Waals surface area contributed by atoms with E-state index in [0.29, 0.717) is 0 Å². The highest BCUT2D eigenvalue weighted by atomic mass is 14.9. The molecule has 2 saturated carbocycles. The summed E-state index contributed by atoms with van der Waals surface area (Å²) in [6.07, 6.45) is 6.01. The largest absolute Gasteiger partial charge is 0.306 e. The van der Waals surface area contributed by atoms with Crippen molar-refractivity contribution in [2.75, 3.05) is 13.1 Å². The third-order valence-electron chi connectivity index (χ3n) is 3.68. The molecule has 0 aliphatic heterocycles. The third-order valence-corrected chi connectivity index (χ3v) is 3.68. The molecule has 1 N–H and O–H groups in total. The Morgan fingerprint density at radius 3 is 2.85 bits per heavy atom. The molecule has 0 radical (unpaired) electrons. The second-order valence-electron chi connectivity index (χ2n) is 4.49. The molecule has 13 heavy (non-hydrogen) atoms. The number of hydrogen-bond acceptors (Lipinski definition) is 1. The molecule has 1 nitrogen and oxygen atoms in total. The molecule has 2 aliphatic rings. The Morgan fingerprint density at radius 1 is 1.31 bits per heavy atom. The topological polar surface area (TPSA) is 12.0 Å². The number of fused-ring (bicyclic) bond motifs is 2. The molecule has 1 heteroatoms. The molecule has 2 bridgehead atoms. The lowest BCUT2D eigenvalue weighted by atomic mass is 9.89. The minimum atomic E-state index is 0.879. The molecule has 0 aromatic rings. The molecule has 0 heterocycles. The van der Waals surface area contributed by atoms with E-state index in [1.807, 2.05) is 6.92 Å². The second-order valence-corrected chi connectivity index (χ2v) is 4.49. The number of nitrogens with one attached hydrogen (secondary N) is 1. The van der Waals surface area contributed by atoms with E-state index in [1.165, 1.54) is 32.2 Å². The van der Waals surface area contributed by atoms with Crippen molar-refractivity contribution in [1.29, 1.82) is 0 Å². The summed E-state index contributed by atoms with van der Waals surface area (Å²) in [6.45, 7) is 3.99. The van der Waals surface area contributed by atoms with Gasteiger partial charge in [-0.05, 0) is 50.5 Å². The highest BCUT2D eigenvalue weighted by Crippen LogP contribution is 2.47. The van der Waals surface area contributed by atoms with E-state index in [-0.39, 0.29) is 0 Å². The molecule has 0 spiro atoms. The summed E-state index contributed by atoms with van der Waals surface area (Å²) in [5.74, 6) is 9.07. The van der Waals surface area contributed by atoms with Gasteiger partial charge in [-0.3, -0.25) is 0 Å². The average Bonchev–Trinajstić information content (AvgIpc) is 2.73. The van der Waals surface area contributed by atoms with E-state index in [1.54, 1.807) is 0 Å². The van der Waals surface area contributed by atoms with Gasteiger partial charge >= 0.3 is 0 Å². The first-order valence-corrected chi connectivity index (χ1v) is 5.50. The fourth-order valence-electron chi connectivity index (χ4n) is 3.03. The summed E-state index contributed by atoms with van der Waals surface area (Å²) in [7, 11) is 0. The Hall–Kier alpha value is -0.480. The fourth-order valence-corrected chi connectivity index (χ4v) is 3.03. The Kier molecular flexibility index (Phi) is 2.90. The van der Waals surface area contributed by atoms with Crippen LogP contribution in [0.4, 0.5) is 0 Å². The summed E-state index contributed by atoms with van der Waals surface area (Å²) >= 11 is 0. The molecule has 2 aliphatic carbocycles. The lowest BCUT2D eigenvalue weighted by molar-refractivity contribution is 0.323. The van der Waals surface area contributed by atoms with Crippen LogP contribution < -0.4 is 5.32 Å². The summed E-state index contributed by atoms with van der Waals surface area (Å²) < 4.78 is 0. The van der Waals surface area contributed by atoms with Gasteiger partial charge in [-0.1, -0.05) is 12.3 Å². The summed E-state index contributed by atoms with van der Waals surface area (Å²) in [6, 6.07) is 0. The van der Waals surface area contributed by atoms with Crippen molar-refractivity contribution in [3.63, 3.8) is 0 Å². The van der Waals surface area contributed by atoms with E-state index in [2.05, 4.69) is 17.2 Å². The van der Waals surface area contributed by atoms with Crippen molar-refractivity contribution in [3.8, 4) is 11.8 Å². The van der Waals surface area contributed by atoms with Crippen molar-refractivity contribution in [3.05, 3.63) is 0 Å². The zero-order chi connectivity index (χ0) is 9.10. The quantitative estimate of drug-likeness (QED) is 0.514. The number of hydrogen-bond donors (Lipinski definition) is 1. The van der Waals surface area contributed by atoms with Crippen LogP contribution >= 0.6 is 0 Å². The van der Waals surface area contributed by atoms with Crippen LogP contribution in [0.3, 0.4) is 0 Å². The third kappa shape index (κ3) is 2.06. The smallest absolute Gasteiger partial charge is 0.0576 e. The van der Waals surface area contributed by atoms with Crippen molar-refractivity contribution < 1.29 is 0 Å². The standard InChI is InChI=1S/C12H19N/c1-2-3-6-13-9-12-8-10-4-5-11(12)7-10/h10-13H,4-9H2,1H3. The van der Waals surface area contributed by atoms with E-state index in [9.17, 15) is 0 Å². The average molecular weight is 177 g/mol. The highest BCUT2D eigenvalue weighted by molar-refractivity contribution is 4.98. The van der Waals surface area contributed by atoms with Crippen LogP contribution in [-0.4, -0.2) is 13.1 Å². The molecule has 3 atom stereocenters. The van der Waals surface area contributed by atoms with E-state index in [0.717, 1.165) is 24.3 Å². The first-order chi connectivity index (χ1) is 6.40. The molecule has 0 aromatic carbocycles.